The van der Waals surface area contributed by atoms with Gasteiger partial charge in [-0.05, 0) is 50.3 Å². The fourth-order valence-electron chi connectivity index (χ4n) is 3.92. The number of amides is 4. The molecular weight excluding hydrogens is 392 g/mol. The molecular formula is C21H29ClN4O3. The van der Waals surface area contributed by atoms with Gasteiger partial charge in [-0.15, -0.1) is 0 Å². The first-order chi connectivity index (χ1) is 13.9. The average Bonchev–Trinajstić information content (AvgIpc) is 2.73. The molecule has 2 aliphatic heterocycles. The minimum atomic E-state index is -0.196. The van der Waals surface area contributed by atoms with Crippen LogP contribution in [0.3, 0.4) is 0 Å². The summed E-state index contributed by atoms with van der Waals surface area (Å²) in [5.41, 5.74) is 0.940. The third-order valence-corrected chi connectivity index (χ3v) is 5.87. The van der Waals surface area contributed by atoms with Crippen LogP contribution in [0.1, 0.15) is 42.5 Å². The Morgan fingerprint density at radius 2 is 1.66 bits per heavy atom. The summed E-state index contributed by atoms with van der Waals surface area (Å²) >= 11 is 6.14. The van der Waals surface area contributed by atoms with Crippen molar-refractivity contribution in [3.8, 4) is 0 Å². The lowest BCUT2D eigenvalue weighted by Crippen LogP contribution is -2.45. The molecule has 0 aromatic heterocycles. The Bertz CT molecular complexity index is 769. The van der Waals surface area contributed by atoms with Crippen LogP contribution in [0.15, 0.2) is 18.2 Å². The van der Waals surface area contributed by atoms with Crippen LogP contribution in [-0.2, 0) is 4.79 Å². The number of rotatable bonds is 3. The maximum absolute atomic E-state index is 13.0. The molecule has 4 amide bonds. The Morgan fingerprint density at radius 1 is 1.00 bits per heavy atom. The summed E-state index contributed by atoms with van der Waals surface area (Å²) in [6.45, 7) is 2.58. The number of carbonyl (C=O) groups excluding carboxylic acids is 3. The first-order valence-electron chi connectivity index (χ1n) is 10.2. The maximum atomic E-state index is 13.0. The van der Waals surface area contributed by atoms with Crippen molar-refractivity contribution in [3.63, 3.8) is 0 Å². The van der Waals surface area contributed by atoms with E-state index in [2.05, 4.69) is 5.32 Å². The van der Waals surface area contributed by atoms with Crippen molar-refractivity contribution >= 4 is 35.1 Å². The van der Waals surface area contributed by atoms with Gasteiger partial charge in [0.1, 0.15) is 0 Å². The molecule has 0 radical (unpaired) electrons. The smallest absolute Gasteiger partial charge is 0.319 e. The maximum Gasteiger partial charge on any atom is 0.319 e. The van der Waals surface area contributed by atoms with E-state index in [9.17, 15) is 14.4 Å². The highest BCUT2D eigenvalue weighted by Gasteiger charge is 2.29. The number of hydrogen-bond acceptors (Lipinski definition) is 3. The largest absolute Gasteiger partial charge is 0.339 e. The third kappa shape index (κ3) is 5.21. The summed E-state index contributed by atoms with van der Waals surface area (Å²) in [5.74, 6) is -0.391. The number of anilines is 1. The molecule has 2 aliphatic rings. The van der Waals surface area contributed by atoms with Gasteiger partial charge in [-0.2, -0.15) is 0 Å². The molecule has 0 saturated carbocycles. The molecule has 0 unspecified atom stereocenters. The van der Waals surface area contributed by atoms with E-state index in [1.807, 2.05) is 4.90 Å². The predicted octanol–water partition coefficient (Wildman–Crippen LogP) is 3.30. The molecule has 8 heteroatoms. The Labute approximate surface area is 177 Å². The Morgan fingerprint density at radius 3 is 2.28 bits per heavy atom. The van der Waals surface area contributed by atoms with Gasteiger partial charge in [-0.3, -0.25) is 9.59 Å². The zero-order valence-electron chi connectivity index (χ0n) is 17.1. The number of urea groups is 1. The molecule has 0 atom stereocenters. The Balaban J connectivity index is 1.66. The van der Waals surface area contributed by atoms with Gasteiger partial charge in [-0.1, -0.05) is 11.6 Å². The van der Waals surface area contributed by atoms with Gasteiger partial charge >= 0.3 is 6.03 Å². The summed E-state index contributed by atoms with van der Waals surface area (Å²) in [6.07, 6.45) is 4.35. The molecule has 1 aromatic rings. The first-order valence-corrected chi connectivity index (χ1v) is 10.6. The second-order valence-corrected chi connectivity index (χ2v) is 8.41. The van der Waals surface area contributed by atoms with Crippen molar-refractivity contribution in [2.75, 3.05) is 45.6 Å². The number of hydrogen-bond donors (Lipinski definition) is 1. The summed E-state index contributed by atoms with van der Waals surface area (Å²) in [5, 5.41) is 3.40. The standard InChI is InChI=1S/C21H29ClN4O3/c1-24(2)21(29)26-12-8-15(9-13-26)19(27)23-18-14-16(22)6-7-17(18)20(28)25-10-4-3-5-11-25/h6-7,14-15H,3-5,8-13H2,1-2H3,(H,23,27). The SMILES string of the molecule is CN(C)C(=O)N1CCC(C(=O)Nc2cc(Cl)ccc2C(=O)N2CCCCC2)CC1. The highest BCUT2D eigenvalue weighted by atomic mass is 35.5. The van der Waals surface area contributed by atoms with E-state index in [0.29, 0.717) is 42.2 Å². The van der Waals surface area contributed by atoms with Crippen molar-refractivity contribution in [3.05, 3.63) is 28.8 Å². The fraction of sp³-hybridized carbons (Fsp3) is 0.571. The summed E-state index contributed by atoms with van der Waals surface area (Å²) in [7, 11) is 3.45. The van der Waals surface area contributed by atoms with E-state index >= 15 is 0 Å². The second kappa shape index (κ2) is 9.48. The molecule has 0 spiro atoms. The third-order valence-electron chi connectivity index (χ3n) is 5.63. The van der Waals surface area contributed by atoms with E-state index in [4.69, 9.17) is 11.6 Å². The van der Waals surface area contributed by atoms with E-state index in [1.165, 1.54) is 0 Å². The minimum Gasteiger partial charge on any atom is -0.339 e. The highest BCUT2D eigenvalue weighted by molar-refractivity contribution is 6.31. The van der Waals surface area contributed by atoms with Crippen LogP contribution in [-0.4, -0.2) is 72.8 Å². The van der Waals surface area contributed by atoms with Gasteiger partial charge in [0.05, 0.1) is 11.3 Å². The molecule has 1 N–H and O–H groups in total. The molecule has 1 aromatic carbocycles. The van der Waals surface area contributed by atoms with Gasteiger partial charge < -0.3 is 20.0 Å². The van der Waals surface area contributed by atoms with Crippen molar-refractivity contribution in [1.29, 1.82) is 0 Å². The quantitative estimate of drug-likeness (QED) is 0.815. The molecule has 29 heavy (non-hydrogen) atoms. The number of piperidine rings is 2. The van der Waals surface area contributed by atoms with Crippen LogP contribution in [0.2, 0.25) is 5.02 Å². The monoisotopic (exact) mass is 420 g/mol. The molecule has 2 heterocycles. The molecule has 0 bridgehead atoms. The summed E-state index contributed by atoms with van der Waals surface area (Å²) in [4.78, 5) is 43.0. The molecule has 0 aliphatic carbocycles. The second-order valence-electron chi connectivity index (χ2n) is 7.97. The zero-order chi connectivity index (χ0) is 21.0. The minimum absolute atomic E-state index is 0.0342. The Hall–Kier alpha value is -2.28. The number of benzene rings is 1. The summed E-state index contributed by atoms with van der Waals surface area (Å²) in [6, 6.07) is 4.97. The van der Waals surface area contributed by atoms with E-state index in [-0.39, 0.29) is 23.8 Å². The molecule has 2 saturated heterocycles. The molecule has 3 rings (SSSR count). The van der Waals surface area contributed by atoms with Crippen LogP contribution in [0.25, 0.3) is 0 Å². The number of nitrogens with one attached hydrogen (secondary N) is 1. The van der Waals surface area contributed by atoms with Crippen LogP contribution in [0.4, 0.5) is 10.5 Å². The number of likely N-dealkylation sites (tertiary alicyclic amines) is 2. The first kappa shape index (κ1) is 21.4. The average molecular weight is 421 g/mol. The lowest BCUT2D eigenvalue weighted by atomic mass is 9.95. The van der Waals surface area contributed by atoms with Crippen molar-refractivity contribution in [1.82, 2.24) is 14.7 Å². The van der Waals surface area contributed by atoms with Gasteiger partial charge in [0.15, 0.2) is 0 Å². The molecule has 7 nitrogen and oxygen atoms in total. The van der Waals surface area contributed by atoms with E-state index in [1.54, 1.807) is 42.1 Å². The van der Waals surface area contributed by atoms with Crippen LogP contribution in [0.5, 0.6) is 0 Å². The lowest BCUT2D eigenvalue weighted by Gasteiger charge is -2.33. The zero-order valence-corrected chi connectivity index (χ0v) is 17.9. The number of carbonyl (C=O) groups is 3. The van der Waals surface area contributed by atoms with Crippen molar-refractivity contribution in [2.45, 2.75) is 32.1 Å². The predicted molar refractivity (Wildman–Crippen MR) is 113 cm³/mol. The fourth-order valence-corrected chi connectivity index (χ4v) is 4.10. The number of halogens is 1. The van der Waals surface area contributed by atoms with E-state index < -0.39 is 0 Å². The van der Waals surface area contributed by atoms with Crippen LogP contribution in [0, 0.1) is 5.92 Å². The van der Waals surface area contributed by atoms with Crippen LogP contribution >= 0.6 is 11.6 Å². The van der Waals surface area contributed by atoms with E-state index in [0.717, 1.165) is 32.4 Å². The number of nitrogens with zero attached hydrogens (tertiary/aromatic N) is 3. The molecule has 158 valence electrons. The summed E-state index contributed by atoms with van der Waals surface area (Å²) < 4.78 is 0. The van der Waals surface area contributed by atoms with Gasteiger partial charge in [-0.25, -0.2) is 4.79 Å². The van der Waals surface area contributed by atoms with Crippen LogP contribution < -0.4 is 5.32 Å². The van der Waals surface area contributed by atoms with Gasteiger partial charge in [0, 0.05) is 51.2 Å². The van der Waals surface area contributed by atoms with Crippen molar-refractivity contribution in [2.24, 2.45) is 5.92 Å². The van der Waals surface area contributed by atoms with Gasteiger partial charge in [0.2, 0.25) is 5.91 Å². The highest BCUT2D eigenvalue weighted by Crippen LogP contribution is 2.26. The Kier molecular flexibility index (Phi) is 7.00. The normalized spacial score (nSPS) is 17.8. The van der Waals surface area contributed by atoms with Crippen molar-refractivity contribution < 1.29 is 14.4 Å². The van der Waals surface area contributed by atoms with Gasteiger partial charge in [0.25, 0.3) is 5.91 Å². The molecule has 2 fully saturated rings. The topological polar surface area (TPSA) is 73.0 Å². The lowest BCUT2D eigenvalue weighted by molar-refractivity contribution is -0.121.